The van der Waals surface area contributed by atoms with E-state index in [2.05, 4.69) is 36.3 Å². The van der Waals surface area contributed by atoms with Crippen LogP contribution >= 0.6 is 11.8 Å². The quantitative estimate of drug-likeness (QED) is 0.461. The van der Waals surface area contributed by atoms with Gasteiger partial charge in [0, 0.05) is 17.3 Å². The molecule has 0 bridgehead atoms. The Morgan fingerprint density at radius 1 is 1.10 bits per heavy atom. The molecular weight excluding hydrogens is 410 g/mol. The number of carbonyl (C=O) groups excluding carboxylic acids is 1. The van der Waals surface area contributed by atoms with Gasteiger partial charge in [-0.1, -0.05) is 56.8 Å². The van der Waals surface area contributed by atoms with Crippen LogP contribution in [0.3, 0.4) is 0 Å². The van der Waals surface area contributed by atoms with E-state index in [1.165, 1.54) is 11.8 Å². The molecule has 1 N–H and O–H groups in total. The molecule has 0 aliphatic carbocycles. The number of para-hydroxylation sites is 1. The molecule has 0 fully saturated rings. The van der Waals surface area contributed by atoms with Gasteiger partial charge in [-0.25, -0.2) is 4.98 Å². The Balaban J connectivity index is 1.53. The molecule has 4 aromatic rings. The standard InChI is InChI=1S/C23H25N5O2S/c1-23(2,3)21-25-18-8-6-5-7-17(18)20-26-27-22(28(20)21)31-14-19(29)24-13-15-9-11-16(30-4)12-10-15/h5-12H,13-14H2,1-4H3,(H,24,29). The van der Waals surface area contributed by atoms with Crippen molar-refractivity contribution in [1.29, 1.82) is 0 Å². The number of thioether (sulfide) groups is 1. The van der Waals surface area contributed by atoms with Crippen LogP contribution in [0.2, 0.25) is 0 Å². The van der Waals surface area contributed by atoms with E-state index in [0.29, 0.717) is 11.7 Å². The number of aromatic nitrogens is 4. The predicted octanol–water partition coefficient (Wildman–Crippen LogP) is 3.99. The zero-order valence-corrected chi connectivity index (χ0v) is 18.9. The lowest BCUT2D eigenvalue weighted by Gasteiger charge is -2.20. The Morgan fingerprint density at radius 3 is 2.55 bits per heavy atom. The Labute approximate surface area is 185 Å². The van der Waals surface area contributed by atoms with Gasteiger partial charge in [-0.3, -0.25) is 9.20 Å². The smallest absolute Gasteiger partial charge is 0.230 e. The number of rotatable bonds is 6. The summed E-state index contributed by atoms with van der Waals surface area (Å²) >= 11 is 1.36. The molecule has 0 spiro atoms. The molecule has 2 heterocycles. The van der Waals surface area contributed by atoms with Crippen molar-refractivity contribution >= 4 is 34.2 Å². The SMILES string of the molecule is COc1ccc(CNC(=O)CSc2nnc3c4ccccc4nc(C(C)(C)C)n23)cc1. The number of benzene rings is 2. The minimum Gasteiger partial charge on any atom is -0.497 e. The van der Waals surface area contributed by atoms with Crippen molar-refractivity contribution in [3.05, 3.63) is 59.9 Å². The third-order valence-corrected chi connectivity index (χ3v) is 5.80. The van der Waals surface area contributed by atoms with Gasteiger partial charge >= 0.3 is 0 Å². The molecular formula is C23H25N5O2S. The first kappa shape index (κ1) is 21.1. The molecule has 0 unspecified atom stereocenters. The first-order valence-electron chi connectivity index (χ1n) is 10.0. The Bertz CT molecular complexity index is 1230. The maximum atomic E-state index is 12.4. The zero-order chi connectivity index (χ0) is 22.0. The number of fused-ring (bicyclic) bond motifs is 3. The van der Waals surface area contributed by atoms with Gasteiger partial charge in [0.2, 0.25) is 5.91 Å². The van der Waals surface area contributed by atoms with E-state index in [0.717, 1.165) is 33.7 Å². The van der Waals surface area contributed by atoms with Crippen LogP contribution in [0, 0.1) is 0 Å². The maximum absolute atomic E-state index is 12.4. The molecule has 0 atom stereocenters. The maximum Gasteiger partial charge on any atom is 0.230 e. The van der Waals surface area contributed by atoms with Crippen LogP contribution in [0.1, 0.15) is 32.2 Å². The van der Waals surface area contributed by atoms with Gasteiger partial charge in [-0.05, 0) is 29.8 Å². The molecule has 0 aliphatic heterocycles. The predicted molar refractivity (Wildman–Crippen MR) is 123 cm³/mol. The van der Waals surface area contributed by atoms with Gasteiger partial charge in [0.25, 0.3) is 0 Å². The molecule has 1 amide bonds. The summed E-state index contributed by atoms with van der Waals surface area (Å²) in [5.41, 5.74) is 2.45. The van der Waals surface area contributed by atoms with Crippen LogP contribution in [-0.2, 0) is 16.8 Å². The largest absolute Gasteiger partial charge is 0.497 e. The van der Waals surface area contributed by atoms with Gasteiger partial charge in [0.05, 0.1) is 18.4 Å². The van der Waals surface area contributed by atoms with Crippen LogP contribution < -0.4 is 10.1 Å². The van der Waals surface area contributed by atoms with E-state index >= 15 is 0 Å². The van der Waals surface area contributed by atoms with E-state index in [1.54, 1.807) is 7.11 Å². The zero-order valence-electron chi connectivity index (χ0n) is 18.0. The molecule has 8 heteroatoms. The van der Waals surface area contributed by atoms with Crippen molar-refractivity contribution in [2.24, 2.45) is 0 Å². The normalized spacial score (nSPS) is 11.7. The number of methoxy groups -OCH3 is 1. The number of hydrogen-bond donors (Lipinski definition) is 1. The third-order valence-electron chi connectivity index (χ3n) is 4.87. The molecule has 0 saturated carbocycles. The van der Waals surface area contributed by atoms with Crippen molar-refractivity contribution < 1.29 is 9.53 Å². The fraction of sp³-hybridized carbons (Fsp3) is 0.304. The van der Waals surface area contributed by atoms with Gasteiger partial charge in [-0.2, -0.15) is 0 Å². The number of hydrogen-bond acceptors (Lipinski definition) is 6. The minimum absolute atomic E-state index is 0.0661. The molecule has 0 radical (unpaired) electrons. The van der Waals surface area contributed by atoms with E-state index in [4.69, 9.17) is 9.72 Å². The van der Waals surface area contributed by atoms with E-state index in [9.17, 15) is 4.79 Å². The third kappa shape index (κ3) is 4.49. The van der Waals surface area contributed by atoms with E-state index in [1.807, 2.05) is 52.9 Å². The lowest BCUT2D eigenvalue weighted by molar-refractivity contribution is -0.118. The lowest BCUT2D eigenvalue weighted by atomic mass is 9.95. The number of amides is 1. The highest BCUT2D eigenvalue weighted by atomic mass is 32.2. The van der Waals surface area contributed by atoms with Crippen LogP contribution in [-0.4, -0.2) is 38.4 Å². The highest BCUT2D eigenvalue weighted by Gasteiger charge is 2.24. The molecule has 160 valence electrons. The highest BCUT2D eigenvalue weighted by Crippen LogP contribution is 2.29. The Hall–Kier alpha value is -3.13. The van der Waals surface area contributed by atoms with Crippen LogP contribution in [0.5, 0.6) is 5.75 Å². The van der Waals surface area contributed by atoms with E-state index < -0.39 is 0 Å². The molecule has 7 nitrogen and oxygen atoms in total. The van der Waals surface area contributed by atoms with E-state index in [-0.39, 0.29) is 17.1 Å². The first-order chi connectivity index (χ1) is 14.9. The van der Waals surface area contributed by atoms with Gasteiger partial charge in [0.15, 0.2) is 10.8 Å². The van der Waals surface area contributed by atoms with Crippen molar-refractivity contribution in [2.45, 2.75) is 37.9 Å². The van der Waals surface area contributed by atoms with Crippen molar-refractivity contribution in [3.63, 3.8) is 0 Å². The minimum atomic E-state index is -0.212. The average Bonchev–Trinajstić information content (AvgIpc) is 3.19. The number of nitrogens with one attached hydrogen (secondary N) is 1. The van der Waals surface area contributed by atoms with Crippen LogP contribution in [0.15, 0.2) is 53.7 Å². The molecule has 0 saturated heterocycles. The van der Waals surface area contributed by atoms with Crippen LogP contribution in [0.25, 0.3) is 16.6 Å². The van der Waals surface area contributed by atoms with Gasteiger partial charge in [0.1, 0.15) is 11.6 Å². The molecule has 0 aliphatic rings. The summed E-state index contributed by atoms with van der Waals surface area (Å²) in [5.74, 6) is 1.84. The first-order valence-corrected chi connectivity index (χ1v) is 11.0. The number of nitrogens with zero attached hydrogens (tertiary/aromatic N) is 4. The van der Waals surface area contributed by atoms with Crippen molar-refractivity contribution in [3.8, 4) is 5.75 Å². The average molecular weight is 436 g/mol. The molecule has 2 aromatic carbocycles. The molecule has 2 aromatic heterocycles. The summed E-state index contributed by atoms with van der Waals surface area (Å²) in [6.07, 6.45) is 0. The summed E-state index contributed by atoms with van der Waals surface area (Å²) in [4.78, 5) is 17.3. The number of ether oxygens (including phenoxy) is 1. The molecule has 4 rings (SSSR count). The summed E-state index contributed by atoms with van der Waals surface area (Å²) in [6, 6.07) is 15.5. The Kier molecular flexibility index (Phi) is 5.82. The van der Waals surface area contributed by atoms with Crippen LogP contribution in [0.4, 0.5) is 0 Å². The summed E-state index contributed by atoms with van der Waals surface area (Å²) in [5, 5.41) is 13.3. The Morgan fingerprint density at radius 2 is 1.84 bits per heavy atom. The molecule has 31 heavy (non-hydrogen) atoms. The number of carbonyl (C=O) groups is 1. The lowest BCUT2D eigenvalue weighted by Crippen LogP contribution is -2.25. The summed E-state index contributed by atoms with van der Waals surface area (Å²) < 4.78 is 7.14. The van der Waals surface area contributed by atoms with Gasteiger partial charge in [-0.15, -0.1) is 10.2 Å². The summed E-state index contributed by atoms with van der Waals surface area (Å²) in [7, 11) is 1.63. The van der Waals surface area contributed by atoms with Gasteiger partial charge < -0.3 is 10.1 Å². The summed E-state index contributed by atoms with van der Waals surface area (Å²) in [6.45, 7) is 6.79. The second-order valence-corrected chi connectivity index (χ2v) is 9.20. The fourth-order valence-corrected chi connectivity index (χ4v) is 4.04. The van der Waals surface area contributed by atoms with Crippen molar-refractivity contribution in [1.82, 2.24) is 24.9 Å². The van der Waals surface area contributed by atoms with Crippen molar-refractivity contribution in [2.75, 3.05) is 12.9 Å². The fourth-order valence-electron chi connectivity index (χ4n) is 3.28. The second-order valence-electron chi connectivity index (χ2n) is 8.26. The topological polar surface area (TPSA) is 81.4 Å². The second kappa shape index (κ2) is 8.55. The monoisotopic (exact) mass is 435 g/mol. The highest BCUT2D eigenvalue weighted by molar-refractivity contribution is 7.99.